The van der Waals surface area contributed by atoms with Gasteiger partial charge < -0.3 is 5.73 Å². The van der Waals surface area contributed by atoms with Crippen LogP contribution in [0, 0.1) is 5.82 Å². The summed E-state index contributed by atoms with van der Waals surface area (Å²) in [4.78, 5) is 2.67. The van der Waals surface area contributed by atoms with Crippen LogP contribution < -0.4 is 5.73 Å². The Labute approximate surface area is 111 Å². The highest BCUT2D eigenvalue weighted by Crippen LogP contribution is 2.25. The molecule has 2 nitrogen and oxygen atoms in total. The van der Waals surface area contributed by atoms with Gasteiger partial charge in [-0.2, -0.15) is 0 Å². The minimum atomic E-state index is -0.379. The molecule has 2 N–H and O–H groups in total. The van der Waals surface area contributed by atoms with Crippen LogP contribution in [0.25, 0.3) is 0 Å². The molecule has 0 bridgehead atoms. The maximum atomic E-state index is 13.3. The average Bonchev–Trinajstić information content (AvgIpc) is 2.73. The first-order valence-electron chi connectivity index (χ1n) is 5.56. The normalized spacial score (nSPS) is 20.7. The van der Waals surface area contributed by atoms with E-state index in [-0.39, 0.29) is 16.9 Å². The maximum absolute atomic E-state index is 13.3. The molecule has 5 heteroatoms. The molecule has 0 amide bonds. The van der Waals surface area contributed by atoms with E-state index in [1.165, 1.54) is 6.07 Å². The first kappa shape index (κ1) is 12.7. The van der Waals surface area contributed by atoms with Crippen molar-refractivity contribution in [2.45, 2.75) is 25.4 Å². The van der Waals surface area contributed by atoms with Gasteiger partial charge in [-0.15, -0.1) is 0 Å². The van der Waals surface area contributed by atoms with Crippen molar-refractivity contribution in [1.82, 2.24) is 4.90 Å². The van der Waals surface area contributed by atoms with Crippen LogP contribution >= 0.6 is 23.8 Å². The summed E-state index contributed by atoms with van der Waals surface area (Å²) >= 11 is 11.0. The minimum Gasteiger partial charge on any atom is -0.392 e. The lowest BCUT2D eigenvalue weighted by molar-refractivity contribution is 0.295. The van der Waals surface area contributed by atoms with Gasteiger partial charge in [0.05, 0.1) is 16.1 Å². The molecular weight excluding hydrogens is 259 g/mol. The van der Waals surface area contributed by atoms with Crippen LogP contribution in [-0.4, -0.2) is 22.5 Å². The topological polar surface area (TPSA) is 29.3 Å². The number of halogens is 2. The molecule has 92 valence electrons. The lowest BCUT2D eigenvalue weighted by Crippen LogP contribution is -2.38. The van der Waals surface area contributed by atoms with E-state index >= 15 is 0 Å². The van der Waals surface area contributed by atoms with Crippen molar-refractivity contribution in [2.24, 2.45) is 5.73 Å². The van der Waals surface area contributed by atoms with Crippen LogP contribution in [0.15, 0.2) is 18.2 Å². The number of thiocarbonyl (C=S) groups is 1. The smallest absolute Gasteiger partial charge is 0.142 e. The predicted octanol–water partition coefficient (Wildman–Crippen LogP) is 2.73. The molecule has 0 aromatic heterocycles. The number of nitrogens with two attached hydrogens (primary N) is 1. The van der Waals surface area contributed by atoms with Gasteiger partial charge in [0, 0.05) is 6.54 Å². The van der Waals surface area contributed by atoms with Crippen LogP contribution in [0.2, 0.25) is 5.02 Å². The van der Waals surface area contributed by atoms with Gasteiger partial charge in [-0.1, -0.05) is 36.0 Å². The van der Waals surface area contributed by atoms with E-state index in [1.54, 1.807) is 6.07 Å². The number of rotatable bonds is 3. The predicted molar refractivity (Wildman–Crippen MR) is 71.6 cm³/mol. The minimum absolute atomic E-state index is 0.115. The maximum Gasteiger partial charge on any atom is 0.142 e. The standard InChI is InChI=1S/C12H14ClFN2S/c13-11-8(3-1-4-9(11)14)7-16-6-2-5-10(16)12(15)17/h1,3-4,10H,2,5-7H2,(H2,15,17). The molecule has 1 unspecified atom stereocenters. The Hall–Kier alpha value is -0.710. The lowest BCUT2D eigenvalue weighted by Gasteiger charge is -2.23. The number of nitrogens with zero attached hydrogens (tertiary/aromatic N) is 1. The van der Waals surface area contributed by atoms with Gasteiger partial charge in [0.25, 0.3) is 0 Å². The SMILES string of the molecule is NC(=S)C1CCCN1Cc1cccc(F)c1Cl. The largest absolute Gasteiger partial charge is 0.392 e. The summed E-state index contributed by atoms with van der Waals surface area (Å²) in [5.41, 5.74) is 6.48. The Morgan fingerprint density at radius 2 is 2.35 bits per heavy atom. The molecule has 1 fully saturated rings. The zero-order chi connectivity index (χ0) is 12.4. The Morgan fingerprint density at radius 3 is 3.06 bits per heavy atom. The third-order valence-electron chi connectivity index (χ3n) is 3.10. The van der Waals surface area contributed by atoms with Crippen LogP contribution in [0.4, 0.5) is 4.39 Å². The van der Waals surface area contributed by atoms with Crippen molar-refractivity contribution in [3.05, 3.63) is 34.6 Å². The first-order valence-corrected chi connectivity index (χ1v) is 6.34. The highest BCUT2D eigenvalue weighted by Gasteiger charge is 2.27. The fourth-order valence-corrected chi connectivity index (χ4v) is 2.68. The summed E-state index contributed by atoms with van der Waals surface area (Å²) in [6, 6.07) is 4.98. The van der Waals surface area contributed by atoms with Gasteiger partial charge in [-0.3, -0.25) is 4.90 Å². The van der Waals surface area contributed by atoms with Crippen molar-refractivity contribution in [3.63, 3.8) is 0 Å². The molecule has 0 radical (unpaired) electrons. The number of likely N-dealkylation sites (tertiary alicyclic amines) is 1. The zero-order valence-electron chi connectivity index (χ0n) is 9.33. The Kier molecular flexibility index (Phi) is 3.97. The Balaban J connectivity index is 2.15. The van der Waals surface area contributed by atoms with Crippen molar-refractivity contribution < 1.29 is 4.39 Å². The van der Waals surface area contributed by atoms with E-state index in [1.807, 2.05) is 6.07 Å². The average molecular weight is 273 g/mol. The molecule has 0 saturated carbocycles. The molecule has 1 heterocycles. The molecule has 1 aliphatic rings. The van der Waals surface area contributed by atoms with E-state index < -0.39 is 0 Å². The fraction of sp³-hybridized carbons (Fsp3) is 0.417. The van der Waals surface area contributed by atoms with E-state index in [0.29, 0.717) is 11.5 Å². The first-order chi connectivity index (χ1) is 8.09. The second kappa shape index (κ2) is 5.29. The van der Waals surface area contributed by atoms with Gasteiger partial charge in [0.2, 0.25) is 0 Å². The van der Waals surface area contributed by atoms with Crippen molar-refractivity contribution >= 4 is 28.8 Å². The summed E-state index contributed by atoms with van der Waals surface area (Å²) < 4.78 is 13.3. The summed E-state index contributed by atoms with van der Waals surface area (Å²) in [7, 11) is 0. The van der Waals surface area contributed by atoms with Crippen molar-refractivity contribution in [3.8, 4) is 0 Å². The molecule has 2 rings (SSSR count). The van der Waals surface area contributed by atoms with Crippen LogP contribution in [-0.2, 0) is 6.54 Å². The van der Waals surface area contributed by atoms with E-state index in [2.05, 4.69) is 4.90 Å². The van der Waals surface area contributed by atoms with Crippen LogP contribution in [0.3, 0.4) is 0 Å². The van der Waals surface area contributed by atoms with Gasteiger partial charge in [0.15, 0.2) is 0 Å². The third kappa shape index (κ3) is 2.76. The lowest BCUT2D eigenvalue weighted by atomic mass is 10.1. The summed E-state index contributed by atoms with van der Waals surface area (Å²) in [6.07, 6.45) is 2.04. The van der Waals surface area contributed by atoms with Crippen molar-refractivity contribution in [2.75, 3.05) is 6.54 Å². The van der Waals surface area contributed by atoms with Gasteiger partial charge in [-0.05, 0) is 31.0 Å². The van der Waals surface area contributed by atoms with E-state index in [0.717, 1.165) is 24.9 Å². The quantitative estimate of drug-likeness (QED) is 0.858. The molecule has 17 heavy (non-hydrogen) atoms. The van der Waals surface area contributed by atoms with Crippen molar-refractivity contribution in [1.29, 1.82) is 0 Å². The monoisotopic (exact) mass is 272 g/mol. The van der Waals surface area contributed by atoms with Gasteiger partial charge in [-0.25, -0.2) is 4.39 Å². The van der Waals surface area contributed by atoms with Crippen LogP contribution in [0.1, 0.15) is 18.4 Å². The summed E-state index contributed by atoms with van der Waals surface area (Å²) in [5, 5.41) is 0.195. The number of hydrogen-bond acceptors (Lipinski definition) is 2. The molecule has 1 aromatic carbocycles. The molecule has 0 aliphatic carbocycles. The number of benzene rings is 1. The van der Waals surface area contributed by atoms with Gasteiger partial charge in [0.1, 0.15) is 5.82 Å². The molecule has 0 spiro atoms. The zero-order valence-corrected chi connectivity index (χ0v) is 10.9. The number of hydrogen-bond donors (Lipinski definition) is 1. The summed E-state index contributed by atoms with van der Waals surface area (Å²) in [6.45, 7) is 1.52. The van der Waals surface area contributed by atoms with Gasteiger partial charge >= 0.3 is 0 Å². The second-order valence-corrected chi connectivity index (χ2v) is 5.09. The van der Waals surface area contributed by atoms with E-state index in [4.69, 9.17) is 29.6 Å². The molecule has 1 aliphatic heterocycles. The molecular formula is C12H14ClFN2S. The summed E-state index contributed by atoms with van der Waals surface area (Å²) in [5.74, 6) is -0.379. The Bertz CT molecular complexity index is 439. The fourth-order valence-electron chi connectivity index (χ4n) is 2.23. The molecule has 1 atom stereocenters. The molecule has 1 saturated heterocycles. The van der Waals surface area contributed by atoms with E-state index in [9.17, 15) is 4.39 Å². The van der Waals surface area contributed by atoms with Crippen LogP contribution in [0.5, 0.6) is 0 Å². The second-order valence-electron chi connectivity index (χ2n) is 4.24. The highest BCUT2D eigenvalue weighted by molar-refractivity contribution is 7.80. The highest BCUT2D eigenvalue weighted by atomic mass is 35.5. The molecule has 1 aromatic rings. The Morgan fingerprint density at radius 1 is 1.59 bits per heavy atom. The third-order valence-corrected chi connectivity index (χ3v) is 3.79.